The number of nitrogens with two attached hydrogens (primary N) is 1. The van der Waals surface area contributed by atoms with Gasteiger partial charge in [-0.2, -0.15) is 0 Å². The number of hydrogen-bond acceptors (Lipinski definition) is 4. The van der Waals surface area contributed by atoms with Crippen LogP contribution in [0.5, 0.6) is 0 Å². The first-order chi connectivity index (χ1) is 6.08. The third-order valence-corrected chi connectivity index (χ3v) is 2.98. The van der Waals surface area contributed by atoms with Gasteiger partial charge in [-0.05, 0) is 19.3 Å². The van der Waals surface area contributed by atoms with Crippen LogP contribution < -0.4 is 40.4 Å². The molecule has 0 aromatic heterocycles. The second-order valence-corrected chi connectivity index (χ2v) is 3.67. The van der Waals surface area contributed by atoms with Crippen LogP contribution in [0.15, 0.2) is 0 Å². The van der Waals surface area contributed by atoms with Crippen molar-refractivity contribution in [3.63, 3.8) is 0 Å². The quantitative estimate of drug-likeness (QED) is 0.264. The Hall–Kier alpha value is -0.100. The van der Waals surface area contributed by atoms with Gasteiger partial charge in [-0.25, -0.2) is 0 Å². The number of carbonyl (C=O) groups is 2. The van der Waals surface area contributed by atoms with E-state index in [0.717, 1.165) is 12.8 Å². The van der Waals surface area contributed by atoms with Crippen molar-refractivity contribution < 1.29 is 44.3 Å². The first-order valence-corrected chi connectivity index (χ1v) is 4.40. The SMILES string of the molecule is N[C@@]1(C(=O)[O-])C(=O)N2CCCC[C@@H]21.[Na+]. The Morgan fingerprint density at radius 2 is 2.21 bits per heavy atom. The summed E-state index contributed by atoms with van der Waals surface area (Å²) in [6.45, 7) is 0.635. The van der Waals surface area contributed by atoms with Crippen molar-refractivity contribution in [3.8, 4) is 0 Å². The number of hydrogen-bond donors (Lipinski definition) is 1. The van der Waals surface area contributed by atoms with E-state index in [4.69, 9.17) is 5.73 Å². The van der Waals surface area contributed by atoms with E-state index in [1.165, 1.54) is 0 Å². The molecule has 72 valence electrons. The van der Waals surface area contributed by atoms with Gasteiger partial charge in [-0.1, -0.05) is 0 Å². The molecular formula is C8H11N2NaO3. The minimum Gasteiger partial charge on any atom is -0.547 e. The molecule has 2 atom stereocenters. The summed E-state index contributed by atoms with van der Waals surface area (Å²) < 4.78 is 0. The van der Waals surface area contributed by atoms with E-state index in [1.807, 2.05) is 0 Å². The van der Waals surface area contributed by atoms with E-state index in [2.05, 4.69) is 0 Å². The van der Waals surface area contributed by atoms with Gasteiger partial charge >= 0.3 is 29.6 Å². The van der Waals surface area contributed by atoms with Crippen LogP contribution in [0.2, 0.25) is 0 Å². The Labute approximate surface area is 104 Å². The number of fused-ring (bicyclic) bond motifs is 1. The normalized spacial score (nSPS) is 35.4. The van der Waals surface area contributed by atoms with Crippen molar-refractivity contribution in [2.75, 3.05) is 6.54 Å². The molecule has 2 heterocycles. The van der Waals surface area contributed by atoms with Gasteiger partial charge in [0.25, 0.3) is 5.91 Å². The average molecular weight is 206 g/mol. The fourth-order valence-corrected chi connectivity index (χ4v) is 2.19. The zero-order valence-electron chi connectivity index (χ0n) is 8.16. The molecule has 1 amide bonds. The van der Waals surface area contributed by atoms with Crippen LogP contribution in [0, 0.1) is 0 Å². The minimum atomic E-state index is -1.74. The van der Waals surface area contributed by atoms with E-state index >= 15 is 0 Å². The number of carboxylic acids is 1. The van der Waals surface area contributed by atoms with Crippen molar-refractivity contribution >= 4 is 11.9 Å². The van der Waals surface area contributed by atoms with Gasteiger partial charge in [0.2, 0.25) is 0 Å². The first kappa shape index (κ1) is 12.0. The molecular weight excluding hydrogens is 195 g/mol. The van der Waals surface area contributed by atoms with Gasteiger partial charge in [0.15, 0.2) is 5.54 Å². The molecule has 0 radical (unpaired) electrons. The summed E-state index contributed by atoms with van der Waals surface area (Å²) in [5.74, 6) is -1.93. The molecule has 6 heteroatoms. The molecule has 0 saturated carbocycles. The first-order valence-electron chi connectivity index (χ1n) is 4.40. The van der Waals surface area contributed by atoms with Crippen molar-refractivity contribution in [2.24, 2.45) is 5.73 Å². The van der Waals surface area contributed by atoms with E-state index in [9.17, 15) is 14.7 Å². The number of rotatable bonds is 1. The molecule has 14 heavy (non-hydrogen) atoms. The maximum Gasteiger partial charge on any atom is 1.00 e. The number of carboxylic acid groups (broad SMARTS) is 1. The third-order valence-electron chi connectivity index (χ3n) is 2.98. The van der Waals surface area contributed by atoms with Crippen molar-refractivity contribution in [3.05, 3.63) is 0 Å². The Morgan fingerprint density at radius 3 is 2.79 bits per heavy atom. The molecule has 2 N–H and O–H groups in total. The zero-order chi connectivity index (χ0) is 9.64. The monoisotopic (exact) mass is 206 g/mol. The van der Waals surface area contributed by atoms with Crippen LogP contribution in [-0.4, -0.2) is 34.9 Å². The van der Waals surface area contributed by atoms with Crippen LogP contribution in [0.3, 0.4) is 0 Å². The number of aliphatic carboxylic acids is 1. The fraction of sp³-hybridized carbons (Fsp3) is 0.750. The van der Waals surface area contributed by atoms with E-state index < -0.39 is 17.4 Å². The second-order valence-electron chi connectivity index (χ2n) is 3.67. The van der Waals surface area contributed by atoms with Gasteiger partial charge in [-0.3, -0.25) is 4.79 Å². The van der Waals surface area contributed by atoms with E-state index in [1.54, 1.807) is 4.90 Å². The van der Waals surface area contributed by atoms with Crippen LogP contribution in [0.25, 0.3) is 0 Å². The number of piperidine rings is 1. The van der Waals surface area contributed by atoms with Gasteiger partial charge in [0.1, 0.15) is 0 Å². The summed E-state index contributed by atoms with van der Waals surface area (Å²) in [5.41, 5.74) is 3.75. The Bertz CT molecular complexity index is 284. The van der Waals surface area contributed by atoms with Crippen molar-refractivity contribution in [1.29, 1.82) is 0 Å². The fourth-order valence-electron chi connectivity index (χ4n) is 2.19. The van der Waals surface area contributed by atoms with Crippen LogP contribution >= 0.6 is 0 Å². The molecule has 0 aromatic rings. The minimum absolute atomic E-state index is 0. The molecule has 0 spiro atoms. The molecule has 0 bridgehead atoms. The van der Waals surface area contributed by atoms with Gasteiger partial charge in [0, 0.05) is 6.54 Å². The van der Waals surface area contributed by atoms with Crippen molar-refractivity contribution in [2.45, 2.75) is 30.8 Å². The topological polar surface area (TPSA) is 86.5 Å². The molecule has 0 unspecified atom stereocenters. The maximum atomic E-state index is 11.3. The third kappa shape index (κ3) is 1.31. The smallest absolute Gasteiger partial charge is 0.547 e. The van der Waals surface area contributed by atoms with Crippen molar-refractivity contribution in [1.82, 2.24) is 4.90 Å². The number of carbonyl (C=O) groups excluding carboxylic acids is 2. The van der Waals surface area contributed by atoms with Crippen LogP contribution in [0.1, 0.15) is 19.3 Å². The predicted molar refractivity (Wildman–Crippen MR) is 41.3 cm³/mol. The summed E-state index contributed by atoms with van der Waals surface area (Å²) in [7, 11) is 0. The average Bonchev–Trinajstić information content (AvgIpc) is 2.15. The summed E-state index contributed by atoms with van der Waals surface area (Å²) >= 11 is 0. The molecule has 5 nitrogen and oxygen atoms in total. The van der Waals surface area contributed by atoms with Gasteiger partial charge in [0.05, 0.1) is 12.0 Å². The van der Waals surface area contributed by atoms with E-state index in [0.29, 0.717) is 13.0 Å². The van der Waals surface area contributed by atoms with Crippen LogP contribution in [0.4, 0.5) is 0 Å². The van der Waals surface area contributed by atoms with E-state index in [-0.39, 0.29) is 35.6 Å². The molecule has 2 fully saturated rings. The Balaban J connectivity index is 0.000000980. The predicted octanol–water partition coefficient (Wildman–Crippen LogP) is -5.17. The molecule has 2 aliphatic heterocycles. The number of β-lactam (4-membered cyclic amide) rings is 1. The van der Waals surface area contributed by atoms with Gasteiger partial charge in [-0.15, -0.1) is 0 Å². The zero-order valence-corrected chi connectivity index (χ0v) is 10.2. The second kappa shape index (κ2) is 3.81. The van der Waals surface area contributed by atoms with Crippen LogP contribution in [-0.2, 0) is 9.59 Å². The van der Waals surface area contributed by atoms with Gasteiger partial charge < -0.3 is 20.5 Å². The summed E-state index contributed by atoms with van der Waals surface area (Å²) in [6, 6.07) is -0.334. The molecule has 2 saturated heterocycles. The molecule has 0 aromatic carbocycles. The largest absolute Gasteiger partial charge is 1.00 e. The standard InChI is InChI=1S/C8H12N2O3.Na/c9-8(7(12)13)5-3-1-2-4-10(5)6(8)11;/h5H,1-4,9H2,(H,12,13);/q;+1/p-1/t5-,8-;/m1./s1. The number of amides is 1. The summed E-state index contributed by atoms with van der Waals surface area (Å²) in [4.78, 5) is 23.6. The molecule has 0 aliphatic carbocycles. The molecule has 2 aliphatic rings. The maximum absolute atomic E-state index is 11.3. The molecule has 2 rings (SSSR count). The number of nitrogens with zero attached hydrogens (tertiary/aromatic N) is 1. The summed E-state index contributed by atoms with van der Waals surface area (Å²) in [6.07, 6.45) is 2.54. The Kier molecular flexibility index (Phi) is 3.26. The Morgan fingerprint density at radius 1 is 1.57 bits per heavy atom. The summed E-state index contributed by atoms with van der Waals surface area (Å²) in [5, 5.41) is 10.7.